The van der Waals surface area contributed by atoms with Crippen LogP contribution >= 0.6 is 0 Å². The highest BCUT2D eigenvalue weighted by atomic mass is 16.2. The minimum absolute atomic E-state index is 0.305. The summed E-state index contributed by atoms with van der Waals surface area (Å²) in [6, 6.07) is 9.85. The number of hydrogen-bond donors (Lipinski definition) is 0. The fourth-order valence-corrected chi connectivity index (χ4v) is 2.93. The molecule has 112 valence electrons. The molecule has 0 spiro atoms. The Morgan fingerprint density at radius 1 is 0.955 bits per heavy atom. The minimum atomic E-state index is -0.365. The SMILES string of the molecule is Cc1nc2c(c(C)c1-c1ccccc1)c(=O)n(C)c(=O)n2C. The third-order valence-electron chi connectivity index (χ3n) is 4.08. The predicted octanol–water partition coefficient (Wildman–Crippen LogP) is 1.92. The second kappa shape index (κ2) is 4.94. The quantitative estimate of drug-likeness (QED) is 0.689. The average Bonchev–Trinajstić information content (AvgIpc) is 2.51. The molecule has 0 unspecified atom stereocenters. The van der Waals surface area contributed by atoms with Crippen LogP contribution in [-0.4, -0.2) is 14.1 Å². The lowest BCUT2D eigenvalue weighted by molar-refractivity contribution is 0.706. The van der Waals surface area contributed by atoms with Gasteiger partial charge in [-0.1, -0.05) is 30.3 Å². The molecule has 0 saturated heterocycles. The van der Waals surface area contributed by atoms with Crippen LogP contribution in [-0.2, 0) is 14.1 Å². The highest BCUT2D eigenvalue weighted by Gasteiger charge is 2.17. The van der Waals surface area contributed by atoms with Crippen LogP contribution in [0.25, 0.3) is 22.2 Å². The highest BCUT2D eigenvalue weighted by Crippen LogP contribution is 2.29. The van der Waals surface area contributed by atoms with Crippen LogP contribution in [0.5, 0.6) is 0 Å². The number of aromatic nitrogens is 3. The molecule has 0 aliphatic rings. The van der Waals surface area contributed by atoms with E-state index in [9.17, 15) is 9.59 Å². The lowest BCUT2D eigenvalue weighted by Gasteiger charge is -2.14. The van der Waals surface area contributed by atoms with Gasteiger partial charge in [0, 0.05) is 25.4 Å². The summed E-state index contributed by atoms with van der Waals surface area (Å²) in [5.41, 5.74) is 3.38. The van der Waals surface area contributed by atoms with E-state index in [1.807, 2.05) is 44.2 Å². The van der Waals surface area contributed by atoms with Gasteiger partial charge in [0.1, 0.15) is 5.65 Å². The van der Waals surface area contributed by atoms with Gasteiger partial charge >= 0.3 is 5.69 Å². The van der Waals surface area contributed by atoms with Crippen LogP contribution in [0.1, 0.15) is 11.3 Å². The molecule has 0 aliphatic carbocycles. The van der Waals surface area contributed by atoms with Crippen LogP contribution in [0.4, 0.5) is 0 Å². The molecule has 0 aliphatic heterocycles. The highest BCUT2D eigenvalue weighted by molar-refractivity contribution is 5.87. The van der Waals surface area contributed by atoms with Crippen molar-refractivity contribution in [1.29, 1.82) is 0 Å². The normalized spacial score (nSPS) is 11.1. The van der Waals surface area contributed by atoms with Crippen molar-refractivity contribution in [2.75, 3.05) is 0 Å². The fraction of sp³-hybridized carbons (Fsp3) is 0.235. The lowest BCUT2D eigenvalue weighted by atomic mass is 9.97. The maximum atomic E-state index is 12.5. The number of rotatable bonds is 1. The predicted molar refractivity (Wildman–Crippen MR) is 87.1 cm³/mol. The molecule has 0 atom stereocenters. The first-order valence-corrected chi connectivity index (χ1v) is 7.05. The monoisotopic (exact) mass is 295 g/mol. The van der Waals surface area contributed by atoms with Gasteiger partial charge in [-0.25, -0.2) is 9.78 Å². The Bertz CT molecular complexity index is 999. The molecule has 0 bridgehead atoms. The van der Waals surface area contributed by atoms with Gasteiger partial charge in [-0.05, 0) is 25.0 Å². The van der Waals surface area contributed by atoms with Crippen molar-refractivity contribution in [1.82, 2.24) is 14.1 Å². The molecule has 0 radical (unpaired) electrons. The zero-order valence-corrected chi connectivity index (χ0v) is 13.0. The van der Waals surface area contributed by atoms with E-state index in [0.717, 1.165) is 27.0 Å². The molecular formula is C17H17N3O2. The largest absolute Gasteiger partial charge is 0.332 e. The van der Waals surface area contributed by atoms with Crippen molar-refractivity contribution in [3.8, 4) is 11.1 Å². The summed E-state index contributed by atoms with van der Waals surface area (Å²) in [4.78, 5) is 29.1. The van der Waals surface area contributed by atoms with Gasteiger partial charge in [0.2, 0.25) is 0 Å². The number of fused-ring (bicyclic) bond motifs is 1. The minimum Gasteiger partial charge on any atom is -0.280 e. The molecule has 0 fully saturated rings. The van der Waals surface area contributed by atoms with Gasteiger partial charge in [0.15, 0.2) is 0 Å². The Balaban J connectivity index is 2.55. The Labute approximate surface area is 127 Å². The standard InChI is InChI=1S/C17H17N3O2/c1-10-13(12-8-6-5-7-9-12)11(2)18-15-14(10)16(21)20(4)17(22)19(15)3/h5-9H,1-4H3. The topological polar surface area (TPSA) is 56.9 Å². The molecule has 5 heteroatoms. The lowest BCUT2D eigenvalue weighted by Crippen LogP contribution is -2.37. The van der Waals surface area contributed by atoms with Crippen LogP contribution in [0, 0.1) is 13.8 Å². The van der Waals surface area contributed by atoms with Crippen LogP contribution in [0.3, 0.4) is 0 Å². The molecule has 5 nitrogen and oxygen atoms in total. The summed E-state index contributed by atoms with van der Waals surface area (Å²) < 4.78 is 2.55. The molecule has 2 aromatic heterocycles. The Hall–Kier alpha value is -2.69. The second-order valence-electron chi connectivity index (χ2n) is 5.47. The fourth-order valence-electron chi connectivity index (χ4n) is 2.93. The molecule has 22 heavy (non-hydrogen) atoms. The average molecular weight is 295 g/mol. The number of pyridine rings is 1. The second-order valence-corrected chi connectivity index (χ2v) is 5.47. The molecule has 0 N–H and O–H groups in total. The van der Waals surface area contributed by atoms with Gasteiger partial charge in [0.25, 0.3) is 5.56 Å². The first-order valence-electron chi connectivity index (χ1n) is 7.05. The van der Waals surface area contributed by atoms with Crippen molar-refractivity contribution in [2.24, 2.45) is 14.1 Å². The first kappa shape index (κ1) is 14.3. The first-order chi connectivity index (χ1) is 10.4. The number of hydrogen-bond acceptors (Lipinski definition) is 3. The van der Waals surface area contributed by atoms with Crippen LogP contribution < -0.4 is 11.2 Å². The molecule has 3 rings (SSSR count). The van der Waals surface area contributed by atoms with Gasteiger partial charge in [-0.15, -0.1) is 0 Å². The number of benzene rings is 1. The summed E-state index contributed by atoms with van der Waals surface area (Å²) >= 11 is 0. The zero-order chi connectivity index (χ0) is 16.0. The summed E-state index contributed by atoms with van der Waals surface area (Å²) in [6.07, 6.45) is 0. The summed E-state index contributed by atoms with van der Waals surface area (Å²) in [5, 5.41) is 0.494. The van der Waals surface area contributed by atoms with Crippen molar-refractivity contribution < 1.29 is 0 Å². The van der Waals surface area contributed by atoms with E-state index in [2.05, 4.69) is 4.98 Å². The summed E-state index contributed by atoms with van der Waals surface area (Å²) in [7, 11) is 3.13. The third-order valence-corrected chi connectivity index (χ3v) is 4.08. The smallest absolute Gasteiger partial charge is 0.280 e. The Morgan fingerprint density at radius 3 is 2.23 bits per heavy atom. The van der Waals surface area contributed by atoms with E-state index in [4.69, 9.17) is 0 Å². The van der Waals surface area contributed by atoms with Gasteiger partial charge < -0.3 is 0 Å². The van der Waals surface area contributed by atoms with Crippen molar-refractivity contribution in [2.45, 2.75) is 13.8 Å². The van der Waals surface area contributed by atoms with E-state index in [1.165, 1.54) is 11.6 Å². The Kier molecular flexibility index (Phi) is 3.20. The number of nitrogens with zero attached hydrogens (tertiary/aromatic N) is 3. The van der Waals surface area contributed by atoms with Crippen molar-refractivity contribution in [3.05, 3.63) is 62.4 Å². The van der Waals surface area contributed by atoms with Gasteiger partial charge in [-0.3, -0.25) is 13.9 Å². The van der Waals surface area contributed by atoms with E-state index in [-0.39, 0.29) is 11.2 Å². The molecular weight excluding hydrogens is 278 g/mol. The van der Waals surface area contributed by atoms with E-state index >= 15 is 0 Å². The summed E-state index contributed by atoms with van der Waals surface area (Å²) in [5.74, 6) is 0. The van der Waals surface area contributed by atoms with Gasteiger partial charge in [0.05, 0.1) is 5.39 Å². The van der Waals surface area contributed by atoms with Crippen molar-refractivity contribution >= 4 is 11.0 Å². The molecule has 0 amide bonds. The molecule has 0 saturated carbocycles. The van der Waals surface area contributed by atoms with E-state index < -0.39 is 0 Å². The van der Waals surface area contributed by atoms with Gasteiger partial charge in [-0.2, -0.15) is 0 Å². The number of aryl methyl sites for hydroxylation is 3. The van der Waals surface area contributed by atoms with E-state index in [1.54, 1.807) is 7.05 Å². The maximum absolute atomic E-state index is 12.5. The van der Waals surface area contributed by atoms with Crippen LogP contribution in [0.15, 0.2) is 39.9 Å². The van der Waals surface area contributed by atoms with E-state index in [0.29, 0.717) is 11.0 Å². The van der Waals surface area contributed by atoms with Crippen LogP contribution in [0.2, 0.25) is 0 Å². The third kappa shape index (κ3) is 1.89. The van der Waals surface area contributed by atoms with Crippen molar-refractivity contribution in [3.63, 3.8) is 0 Å². The maximum Gasteiger partial charge on any atom is 0.332 e. The zero-order valence-electron chi connectivity index (χ0n) is 13.0. The molecule has 1 aromatic carbocycles. The molecule has 2 heterocycles. The summed E-state index contributed by atoms with van der Waals surface area (Å²) in [6.45, 7) is 3.81. The molecule has 3 aromatic rings. The Morgan fingerprint density at radius 2 is 1.59 bits per heavy atom.